The van der Waals surface area contributed by atoms with E-state index >= 15 is 0 Å². The first-order valence-electron chi connectivity index (χ1n) is 7.25. The molecule has 1 atom stereocenters. The molecule has 118 valence electrons. The summed E-state index contributed by atoms with van der Waals surface area (Å²) in [5.74, 6) is -0.425. The number of aromatic amines is 1. The third-order valence-corrected chi connectivity index (χ3v) is 4.79. The van der Waals surface area contributed by atoms with E-state index in [9.17, 15) is 9.18 Å². The zero-order valence-corrected chi connectivity index (χ0v) is 13.8. The van der Waals surface area contributed by atoms with Crippen molar-refractivity contribution in [2.24, 2.45) is 0 Å². The third-order valence-electron chi connectivity index (χ3n) is 3.84. The zero-order chi connectivity index (χ0) is 16.4. The van der Waals surface area contributed by atoms with E-state index in [0.29, 0.717) is 17.5 Å². The Kier molecular flexibility index (Phi) is 4.59. The van der Waals surface area contributed by atoms with Gasteiger partial charge in [-0.05, 0) is 29.7 Å². The van der Waals surface area contributed by atoms with Crippen molar-refractivity contribution in [1.82, 2.24) is 4.98 Å². The fourth-order valence-corrected chi connectivity index (χ4v) is 3.22. The summed E-state index contributed by atoms with van der Waals surface area (Å²) in [4.78, 5) is 15.4. The molecule has 0 saturated heterocycles. The second-order valence-electron chi connectivity index (χ2n) is 5.29. The summed E-state index contributed by atoms with van der Waals surface area (Å²) in [5, 5.41) is 9.96. The van der Waals surface area contributed by atoms with Gasteiger partial charge in [0.05, 0.1) is 0 Å². The van der Waals surface area contributed by atoms with Crippen LogP contribution in [-0.4, -0.2) is 22.5 Å². The first-order chi connectivity index (χ1) is 11.1. The van der Waals surface area contributed by atoms with Gasteiger partial charge < -0.3 is 10.1 Å². The smallest absolute Gasteiger partial charge is 0.183 e. The Labute approximate surface area is 141 Å². The SMILES string of the molecule is O=C(c1c[nH]c2c(CCO)cccc12)C(Br)c1ccc(F)cc1. The molecule has 0 spiro atoms. The van der Waals surface area contributed by atoms with Crippen molar-refractivity contribution in [3.63, 3.8) is 0 Å². The van der Waals surface area contributed by atoms with Gasteiger partial charge in [0.2, 0.25) is 0 Å². The number of aliphatic hydroxyl groups is 1. The van der Waals surface area contributed by atoms with Gasteiger partial charge in [-0.1, -0.05) is 46.3 Å². The predicted octanol–water partition coefficient (Wildman–Crippen LogP) is 4.16. The van der Waals surface area contributed by atoms with Gasteiger partial charge in [-0.25, -0.2) is 4.39 Å². The lowest BCUT2D eigenvalue weighted by Gasteiger charge is -2.09. The number of carbonyl (C=O) groups excluding carboxylic acids is 1. The number of benzene rings is 2. The van der Waals surface area contributed by atoms with E-state index in [1.54, 1.807) is 18.3 Å². The van der Waals surface area contributed by atoms with Crippen molar-refractivity contribution in [2.45, 2.75) is 11.2 Å². The molecule has 3 nitrogen and oxygen atoms in total. The van der Waals surface area contributed by atoms with E-state index in [1.807, 2.05) is 18.2 Å². The summed E-state index contributed by atoms with van der Waals surface area (Å²) in [5.41, 5.74) is 3.11. The van der Waals surface area contributed by atoms with Crippen molar-refractivity contribution >= 4 is 32.6 Å². The number of halogens is 2. The molecule has 3 rings (SSSR count). The van der Waals surface area contributed by atoms with Crippen molar-refractivity contribution in [2.75, 3.05) is 6.61 Å². The molecule has 1 unspecified atom stereocenters. The summed E-state index contributed by atoms with van der Waals surface area (Å²) >= 11 is 3.41. The summed E-state index contributed by atoms with van der Waals surface area (Å²) in [7, 11) is 0. The van der Waals surface area contributed by atoms with Crippen molar-refractivity contribution in [1.29, 1.82) is 0 Å². The van der Waals surface area contributed by atoms with E-state index in [-0.39, 0.29) is 18.2 Å². The van der Waals surface area contributed by atoms with Crippen LogP contribution < -0.4 is 0 Å². The van der Waals surface area contributed by atoms with E-state index in [1.165, 1.54) is 12.1 Å². The maximum Gasteiger partial charge on any atom is 0.183 e. The molecule has 23 heavy (non-hydrogen) atoms. The van der Waals surface area contributed by atoms with Gasteiger partial charge in [-0.2, -0.15) is 0 Å². The van der Waals surface area contributed by atoms with E-state index in [4.69, 9.17) is 5.11 Å². The van der Waals surface area contributed by atoms with Gasteiger partial charge >= 0.3 is 0 Å². The number of nitrogens with one attached hydrogen (secondary N) is 1. The summed E-state index contributed by atoms with van der Waals surface area (Å²) in [6.45, 7) is 0.0536. The van der Waals surface area contributed by atoms with Crippen LogP contribution >= 0.6 is 15.9 Å². The number of hydrogen-bond acceptors (Lipinski definition) is 2. The lowest BCUT2D eigenvalue weighted by Crippen LogP contribution is -2.06. The highest BCUT2D eigenvalue weighted by Gasteiger charge is 2.22. The molecular formula is C18H15BrFNO2. The summed E-state index contributed by atoms with van der Waals surface area (Å²) in [6.07, 6.45) is 2.22. The highest BCUT2D eigenvalue weighted by molar-refractivity contribution is 9.09. The van der Waals surface area contributed by atoms with Crippen molar-refractivity contribution in [3.05, 3.63) is 71.2 Å². The zero-order valence-electron chi connectivity index (χ0n) is 12.2. The van der Waals surface area contributed by atoms with Crippen LogP contribution in [0.3, 0.4) is 0 Å². The minimum atomic E-state index is -0.538. The van der Waals surface area contributed by atoms with E-state index in [2.05, 4.69) is 20.9 Å². The number of para-hydroxylation sites is 1. The molecule has 2 N–H and O–H groups in total. The van der Waals surface area contributed by atoms with E-state index in [0.717, 1.165) is 16.5 Å². The van der Waals surface area contributed by atoms with Gasteiger partial charge in [0, 0.05) is 29.3 Å². The Balaban J connectivity index is 1.98. The summed E-state index contributed by atoms with van der Waals surface area (Å²) < 4.78 is 13.0. The molecule has 0 radical (unpaired) electrons. The topological polar surface area (TPSA) is 53.1 Å². The second kappa shape index (κ2) is 6.64. The van der Waals surface area contributed by atoms with Gasteiger partial charge in [-0.3, -0.25) is 4.79 Å². The van der Waals surface area contributed by atoms with Crippen molar-refractivity contribution < 1.29 is 14.3 Å². The average Bonchev–Trinajstić information content (AvgIpc) is 2.99. The molecule has 0 amide bonds. The number of aromatic nitrogens is 1. The highest BCUT2D eigenvalue weighted by Crippen LogP contribution is 2.31. The Morgan fingerprint density at radius 3 is 2.65 bits per heavy atom. The molecule has 1 heterocycles. The highest BCUT2D eigenvalue weighted by atomic mass is 79.9. The molecule has 3 aromatic rings. The van der Waals surface area contributed by atoms with Crippen LogP contribution in [0.1, 0.15) is 26.3 Å². The molecule has 5 heteroatoms. The van der Waals surface area contributed by atoms with Gasteiger partial charge in [0.1, 0.15) is 10.6 Å². The molecule has 1 aromatic heterocycles. The van der Waals surface area contributed by atoms with Gasteiger partial charge in [0.15, 0.2) is 5.78 Å². The molecule has 0 fully saturated rings. The van der Waals surface area contributed by atoms with Crippen LogP contribution in [0, 0.1) is 5.82 Å². The van der Waals surface area contributed by atoms with Gasteiger partial charge in [0.25, 0.3) is 0 Å². The number of alkyl halides is 1. The number of aliphatic hydroxyl groups excluding tert-OH is 1. The molecule has 2 aromatic carbocycles. The number of H-pyrrole nitrogens is 1. The van der Waals surface area contributed by atoms with Crippen LogP contribution in [0.2, 0.25) is 0 Å². The van der Waals surface area contributed by atoms with Crippen LogP contribution in [0.4, 0.5) is 4.39 Å². The average molecular weight is 376 g/mol. The first-order valence-corrected chi connectivity index (χ1v) is 8.17. The third kappa shape index (κ3) is 3.07. The normalized spacial score (nSPS) is 12.5. The number of hydrogen-bond donors (Lipinski definition) is 2. The summed E-state index contributed by atoms with van der Waals surface area (Å²) in [6, 6.07) is 11.5. The maximum absolute atomic E-state index is 13.0. The lowest BCUT2D eigenvalue weighted by atomic mass is 10.0. The molecule has 0 aliphatic heterocycles. The first kappa shape index (κ1) is 15.9. The second-order valence-corrected chi connectivity index (χ2v) is 6.21. The molecule has 0 aliphatic carbocycles. The number of carbonyl (C=O) groups is 1. The number of fused-ring (bicyclic) bond motifs is 1. The minimum absolute atomic E-state index is 0.0536. The quantitative estimate of drug-likeness (QED) is 0.519. The van der Waals surface area contributed by atoms with E-state index < -0.39 is 4.83 Å². The Hall–Kier alpha value is -1.98. The van der Waals surface area contributed by atoms with Crippen LogP contribution in [-0.2, 0) is 6.42 Å². The Morgan fingerprint density at radius 1 is 1.22 bits per heavy atom. The Morgan fingerprint density at radius 2 is 1.96 bits per heavy atom. The monoisotopic (exact) mass is 375 g/mol. The molecule has 0 aliphatic rings. The fraction of sp³-hybridized carbons (Fsp3) is 0.167. The molecule has 0 saturated carbocycles. The Bertz CT molecular complexity index is 842. The van der Waals surface area contributed by atoms with Gasteiger partial charge in [-0.15, -0.1) is 0 Å². The van der Waals surface area contributed by atoms with Crippen LogP contribution in [0.25, 0.3) is 10.9 Å². The standard InChI is InChI=1S/C18H15BrFNO2/c19-16(11-4-6-13(20)7-5-11)18(23)15-10-21-17-12(8-9-22)2-1-3-14(15)17/h1-7,10,16,21-22H,8-9H2. The number of rotatable bonds is 5. The minimum Gasteiger partial charge on any atom is -0.396 e. The maximum atomic E-state index is 13.0. The van der Waals surface area contributed by atoms with Crippen LogP contribution in [0.5, 0.6) is 0 Å². The van der Waals surface area contributed by atoms with Crippen LogP contribution in [0.15, 0.2) is 48.7 Å². The van der Waals surface area contributed by atoms with Crippen molar-refractivity contribution in [3.8, 4) is 0 Å². The molecule has 0 bridgehead atoms. The lowest BCUT2D eigenvalue weighted by molar-refractivity contribution is 0.0993. The fourth-order valence-electron chi connectivity index (χ4n) is 2.67. The largest absolute Gasteiger partial charge is 0.396 e. The molecular weight excluding hydrogens is 361 g/mol. The number of Topliss-reactive ketones (excluding diaryl/α,β-unsaturated/α-hetero) is 1. The number of ketones is 1. The predicted molar refractivity (Wildman–Crippen MR) is 91.5 cm³/mol.